The van der Waals surface area contributed by atoms with Gasteiger partial charge in [0.15, 0.2) is 9.84 Å². The van der Waals surface area contributed by atoms with E-state index in [2.05, 4.69) is 0 Å². The van der Waals surface area contributed by atoms with Crippen molar-refractivity contribution in [2.24, 2.45) is 0 Å². The zero-order chi connectivity index (χ0) is 7.41. The Labute approximate surface area is 61.5 Å². The summed E-state index contributed by atoms with van der Waals surface area (Å²) in [6.07, 6.45) is 3.62. The van der Waals surface area contributed by atoms with E-state index in [1.165, 1.54) is 0 Å². The summed E-state index contributed by atoms with van der Waals surface area (Å²) in [6, 6.07) is 0. The molecule has 0 aromatic heterocycles. The summed E-state index contributed by atoms with van der Waals surface area (Å²) in [5.74, 6) is 0. The third-order valence-corrected chi connectivity index (χ3v) is 5.74. The minimum atomic E-state index is -2.69. The van der Waals surface area contributed by atoms with Gasteiger partial charge in [0, 0.05) is 0 Å². The molecule has 0 aliphatic heterocycles. The van der Waals surface area contributed by atoms with E-state index in [0.29, 0.717) is 0 Å². The molecular weight excluding hydrogens is 148 g/mol. The van der Waals surface area contributed by atoms with Crippen molar-refractivity contribution >= 4 is 9.84 Å². The van der Waals surface area contributed by atoms with Crippen LogP contribution in [0.2, 0.25) is 0 Å². The van der Waals surface area contributed by atoms with Crippen molar-refractivity contribution in [1.29, 1.82) is 0 Å². The Morgan fingerprint density at radius 3 is 2.10 bits per heavy atom. The number of sulfone groups is 1. The van der Waals surface area contributed by atoms with Gasteiger partial charge in [-0.3, -0.25) is 0 Å². The molecule has 2 fully saturated rings. The lowest BCUT2D eigenvalue weighted by Crippen LogP contribution is -2.22. The van der Waals surface area contributed by atoms with Crippen LogP contribution in [0, 0.1) is 0 Å². The first-order valence-corrected chi connectivity index (χ1v) is 5.34. The molecule has 2 aliphatic carbocycles. The van der Waals surface area contributed by atoms with Crippen molar-refractivity contribution in [2.75, 3.05) is 0 Å². The molecule has 2 saturated carbocycles. The van der Waals surface area contributed by atoms with Crippen molar-refractivity contribution in [3.63, 3.8) is 0 Å². The van der Waals surface area contributed by atoms with E-state index in [-0.39, 0.29) is 10.00 Å². The summed E-state index contributed by atoms with van der Waals surface area (Å²) in [5.41, 5.74) is 0. The molecule has 58 valence electrons. The number of rotatable bonds is 2. The predicted octanol–water partition coefficient (Wildman–Crippen LogP) is 1.12. The first-order valence-electron chi connectivity index (χ1n) is 3.80. The summed E-state index contributed by atoms with van der Waals surface area (Å²) < 4.78 is 22.7. The van der Waals surface area contributed by atoms with E-state index in [9.17, 15) is 8.42 Å². The van der Waals surface area contributed by atoms with Crippen LogP contribution in [0.15, 0.2) is 0 Å². The summed E-state index contributed by atoms with van der Waals surface area (Å²) in [4.78, 5) is 0. The SMILES string of the molecule is CC1(S(=O)(=O)C2CC2)CC1. The van der Waals surface area contributed by atoms with Gasteiger partial charge >= 0.3 is 0 Å². The van der Waals surface area contributed by atoms with Gasteiger partial charge in [0.2, 0.25) is 0 Å². The quantitative estimate of drug-likeness (QED) is 0.606. The maximum absolute atomic E-state index is 11.5. The van der Waals surface area contributed by atoms with Crippen LogP contribution in [-0.4, -0.2) is 18.4 Å². The topological polar surface area (TPSA) is 34.1 Å². The maximum Gasteiger partial charge on any atom is 0.158 e. The predicted molar refractivity (Wildman–Crippen MR) is 39.6 cm³/mol. The molecule has 3 heteroatoms. The monoisotopic (exact) mass is 160 g/mol. The van der Waals surface area contributed by atoms with Gasteiger partial charge in [-0.1, -0.05) is 0 Å². The molecule has 0 aromatic carbocycles. The standard InChI is InChI=1S/C7H12O2S/c1-7(4-5-7)10(8,9)6-2-3-6/h6H,2-5H2,1H3. The van der Waals surface area contributed by atoms with Crippen LogP contribution >= 0.6 is 0 Å². The highest BCUT2D eigenvalue weighted by atomic mass is 32.2. The average molecular weight is 160 g/mol. The van der Waals surface area contributed by atoms with Gasteiger partial charge in [-0.25, -0.2) is 8.42 Å². The minimum Gasteiger partial charge on any atom is -0.228 e. The highest BCUT2D eigenvalue weighted by Crippen LogP contribution is 2.49. The number of hydrogen-bond donors (Lipinski definition) is 0. The average Bonchev–Trinajstić information content (AvgIpc) is 2.55. The molecular formula is C7H12O2S. The molecule has 0 spiro atoms. The second-order valence-electron chi connectivity index (χ2n) is 3.69. The van der Waals surface area contributed by atoms with E-state index < -0.39 is 9.84 Å². The van der Waals surface area contributed by atoms with Crippen molar-refractivity contribution < 1.29 is 8.42 Å². The molecule has 0 unspecified atom stereocenters. The highest BCUT2D eigenvalue weighted by Gasteiger charge is 2.55. The van der Waals surface area contributed by atoms with Gasteiger partial charge in [-0.2, -0.15) is 0 Å². The lowest BCUT2D eigenvalue weighted by molar-refractivity contribution is 0.580. The molecule has 10 heavy (non-hydrogen) atoms. The molecule has 0 bridgehead atoms. The Morgan fingerprint density at radius 1 is 1.30 bits per heavy atom. The van der Waals surface area contributed by atoms with E-state index in [0.717, 1.165) is 25.7 Å². The summed E-state index contributed by atoms with van der Waals surface area (Å²) in [6.45, 7) is 1.88. The van der Waals surface area contributed by atoms with Crippen LogP contribution in [0.1, 0.15) is 32.6 Å². The fourth-order valence-electron chi connectivity index (χ4n) is 1.24. The molecule has 0 aromatic rings. The highest BCUT2D eigenvalue weighted by molar-refractivity contribution is 7.93. The normalized spacial score (nSPS) is 30.1. The van der Waals surface area contributed by atoms with Gasteiger partial charge in [-0.15, -0.1) is 0 Å². The van der Waals surface area contributed by atoms with Crippen molar-refractivity contribution in [3.8, 4) is 0 Å². The third-order valence-electron chi connectivity index (χ3n) is 2.60. The molecule has 2 rings (SSSR count). The Hall–Kier alpha value is -0.0500. The van der Waals surface area contributed by atoms with Crippen LogP contribution in [0.3, 0.4) is 0 Å². The van der Waals surface area contributed by atoms with E-state index >= 15 is 0 Å². The van der Waals surface area contributed by atoms with Gasteiger partial charge in [0.1, 0.15) is 0 Å². The summed E-state index contributed by atoms with van der Waals surface area (Å²) in [7, 11) is -2.69. The van der Waals surface area contributed by atoms with Gasteiger partial charge < -0.3 is 0 Å². The molecule has 0 heterocycles. The maximum atomic E-state index is 11.5. The van der Waals surface area contributed by atoms with E-state index in [1.54, 1.807) is 0 Å². The van der Waals surface area contributed by atoms with Crippen molar-refractivity contribution in [3.05, 3.63) is 0 Å². The third kappa shape index (κ3) is 0.729. The second-order valence-corrected chi connectivity index (χ2v) is 6.44. The molecule has 0 N–H and O–H groups in total. The Morgan fingerprint density at radius 2 is 1.80 bits per heavy atom. The fraction of sp³-hybridized carbons (Fsp3) is 1.00. The van der Waals surface area contributed by atoms with Crippen LogP contribution in [-0.2, 0) is 9.84 Å². The van der Waals surface area contributed by atoms with Crippen LogP contribution < -0.4 is 0 Å². The van der Waals surface area contributed by atoms with E-state index in [4.69, 9.17) is 0 Å². The van der Waals surface area contributed by atoms with Crippen molar-refractivity contribution in [1.82, 2.24) is 0 Å². The summed E-state index contributed by atoms with van der Waals surface area (Å²) in [5, 5.41) is 0.0417. The van der Waals surface area contributed by atoms with E-state index in [1.807, 2.05) is 6.92 Å². The second kappa shape index (κ2) is 1.58. The smallest absolute Gasteiger partial charge is 0.158 e. The Balaban J connectivity index is 2.29. The summed E-state index contributed by atoms with van der Waals surface area (Å²) >= 11 is 0. The zero-order valence-electron chi connectivity index (χ0n) is 6.13. The lowest BCUT2D eigenvalue weighted by Gasteiger charge is -2.07. The molecule has 0 atom stereocenters. The minimum absolute atomic E-state index is 0.0417. The van der Waals surface area contributed by atoms with Crippen LogP contribution in [0.5, 0.6) is 0 Å². The van der Waals surface area contributed by atoms with Gasteiger partial charge in [-0.05, 0) is 32.6 Å². The molecule has 0 amide bonds. The van der Waals surface area contributed by atoms with Crippen LogP contribution in [0.25, 0.3) is 0 Å². The Bertz CT molecular complexity index is 245. The van der Waals surface area contributed by atoms with Crippen LogP contribution in [0.4, 0.5) is 0 Å². The molecule has 2 aliphatic rings. The first kappa shape index (κ1) is 6.65. The molecule has 2 nitrogen and oxygen atoms in total. The van der Waals surface area contributed by atoms with Gasteiger partial charge in [0.05, 0.1) is 10.00 Å². The molecule has 0 saturated heterocycles. The fourth-order valence-corrected chi connectivity index (χ4v) is 3.47. The zero-order valence-corrected chi connectivity index (χ0v) is 6.95. The Kier molecular flexibility index (Phi) is 1.05. The van der Waals surface area contributed by atoms with Gasteiger partial charge in [0.25, 0.3) is 0 Å². The largest absolute Gasteiger partial charge is 0.228 e. The number of hydrogen-bond acceptors (Lipinski definition) is 2. The lowest BCUT2D eigenvalue weighted by atomic mass is 10.5. The molecule has 0 radical (unpaired) electrons. The van der Waals surface area contributed by atoms with Crippen molar-refractivity contribution in [2.45, 2.75) is 42.6 Å². The first-order chi connectivity index (χ1) is 4.56.